The van der Waals surface area contributed by atoms with Crippen LogP contribution >= 0.6 is 68.2 Å². The highest BCUT2D eigenvalue weighted by molar-refractivity contribution is 9.10. The van der Waals surface area contributed by atoms with Crippen LogP contribution in [0.2, 0.25) is 0 Å². The van der Waals surface area contributed by atoms with Gasteiger partial charge in [-0.1, -0.05) is 40.7 Å². The molecule has 2 aromatic heterocycles. The van der Waals surface area contributed by atoms with Crippen LogP contribution in [0.15, 0.2) is 46.3 Å². The Morgan fingerprint density at radius 1 is 1.13 bits per heavy atom. The van der Waals surface area contributed by atoms with Gasteiger partial charge in [0.2, 0.25) is 5.12 Å². The van der Waals surface area contributed by atoms with Crippen molar-refractivity contribution in [2.24, 2.45) is 0 Å². The zero-order valence-electron chi connectivity index (χ0n) is 16.7. The summed E-state index contributed by atoms with van der Waals surface area (Å²) in [4.78, 5) is 18.3. The number of nitrogens with zero attached hydrogens (tertiary/aromatic N) is 1. The lowest BCUT2D eigenvalue weighted by Gasteiger charge is -2.06. The molecule has 3 nitrogen and oxygen atoms in total. The van der Waals surface area contributed by atoms with E-state index in [4.69, 9.17) is 4.98 Å². The summed E-state index contributed by atoms with van der Waals surface area (Å²) < 4.78 is 1.12. The summed E-state index contributed by atoms with van der Waals surface area (Å²) in [5.74, 6) is 0. The van der Waals surface area contributed by atoms with Crippen LogP contribution in [-0.4, -0.2) is 10.1 Å². The van der Waals surface area contributed by atoms with Gasteiger partial charge in [-0.25, -0.2) is 4.98 Å². The minimum atomic E-state index is -0.188. The molecule has 2 heterocycles. The molecule has 0 atom stereocenters. The van der Waals surface area contributed by atoms with Crippen LogP contribution in [0.1, 0.15) is 31.2 Å². The molecular formula is C23H18Br2N2OS3. The average molecular weight is 594 g/mol. The van der Waals surface area contributed by atoms with Crippen LogP contribution < -0.4 is 5.32 Å². The molecule has 31 heavy (non-hydrogen) atoms. The van der Waals surface area contributed by atoms with Crippen LogP contribution in [0, 0.1) is 13.8 Å². The van der Waals surface area contributed by atoms with Gasteiger partial charge in [0.15, 0.2) is 5.13 Å². The van der Waals surface area contributed by atoms with E-state index in [9.17, 15) is 4.79 Å². The number of hydrogen-bond acceptors (Lipinski definition) is 5. The highest BCUT2D eigenvalue weighted by Gasteiger charge is 2.21. The Morgan fingerprint density at radius 2 is 1.84 bits per heavy atom. The van der Waals surface area contributed by atoms with Gasteiger partial charge in [-0.3, -0.25) is 4.79 Å². The second-order valence-corrected chi connectivity index (χ2v) is 10.7. The Kier molecular flexibility index (Phi) is 6.47. The highest BCUT2D eigenvalue weighted by Crippen LogP contribution is 2.41. The summed E-state index contributed by atoms with van der Waals surface area (Å²) in [6.07, 6.45) is 0.941. The zero-order chi connectivity index (χ0) is 21.0. The largest absolute Gasteiger partial charge is 0.332 e. The summed E-state index contributed by atoms with van der Waals surface area (Å²) in [5, 5.41) is 6.14. The minimum Gasteiger partial charge on any atom is -0.332 e. The Bertz CT molecular complexity index is 1330. The Balaban J connectivity index is 0.00000231. The number of hydrogen-bond donors (Lipinski definition) is 2. The van der Waals surface area contributed by atoms with Crippen LogP contribution in [0.5, 0.6) is 0 Å². The van der Waals surface area contributed by atoms with E-state index in [-0.39, 0.29) is 22.1 Å². The second kappa shape index (κ2) is 8.83. The third-order valence-electron chi connectivity index (χ3n) is 5.37. The lowest BCUT2D eigenvalue weighted by Crippen LogP contribution is -1.92. The summed E-state index contributed by atoms with van der Waals surface area (Å²) in [6.45, 7) is 3.99. The van der Waals surface area contributed by atoms with Crippen molar-refractivity contribution < 1.29 is 4.79 Å². The number of thiol groups is 1. The Morgan fingerprint density at radius 3 is 2.55 bits per heavy atom. The predicted octanol–water partition coefficient (Wildman–Crippen LogP) is 8.21. The number of aromatic nitrogens is 1. The number of rotatable bonds is 4. The van der Waals surface area contributed by atoms with Crippen LogP contribution in [0.3, 0.4) is 0 Å². The molecule has 0 saturated carbocycles. The number of thiazole rings is 1. The van der Waals surface area contributed by atoms with E-state index in [1.165, 1.54) is 33.6 Å². The van der Waals surface area contributed by atoms with E-state index < -0.39 is 0 Å². The highest BCUT2D eigenvalue weighted by atomic mass is 79.9. The Labute approximate surface area is 213 Å². The van der Waals surface area contributed by atoms with Gasteiger partial charge in [0, 0.05) is 26.0 Å². The molecule has 0 bridgehead atoms. The maximum absolute atomic E-state index is 11.7. The number of nitrogens with one attached hydrogen (secondary N) is 1. The van der Waals surface area contributed by atoms with Crippen molar-refractivity contribution in [1.29, 1.82) is 0 Å². The number of halogens is 2. The quantitative estimate of drug-likeness (QED) is 0.206. The first-order valence-electron chi connectivity index (χ1n) is 9.38. The smallest absolute Gasteiger partial charge is 0.226 e. The predicted molar refractivity (Wildman–Crippen MR) is 144 cm³/mol. The topological polar surface area (TPSA) is 42.0 Å². The fourth-order valence-electron chi connectivity index (χ4n) is 4.06. The molecule has 0 aliphatic heterocycles. The SMILES string of the molecule is Br.Cc1sc(C(=O)S)c(C)c1-c1csc(Nc2ccc3c(c2)Cc2cc(Br)ccc2-3)n1. The van der Waals surface area contributed by atoms with Gasteiger partial charge in [-0.05, 0) is 72.4 Å². The van der Waals surface area contributed by atoms with E-state index in [0.29, 0.717) is 4.88 Å². The van der Waals surface area contributed by atoms with Gasteiger partial charge in [0.25, 0.3) is 0 Å². The van der Waals surface area contributed by atoms with Crippen LogP contribution in [-0.2, 0) is 6.42 Å². The van der Waals surface area contributed by atoms with E-state index in [2.05, 4.69) is 70.3 Å². The van der Waals surface area contributed by atoms with Gasteiger partial charge in [-0.15, -0.1) is 39.7 Å². The fraction of sp³-hybridized carbons (Fsp3) is 0.130. The summed E-state index contributed by atoms with van der Waals surface area (Å²) >= 11 is 10.6. The average Bonchev–Trinajstić information content (AvgIpc) is 3.36. The van der Waals surface area contributed by atoms with Crippen LogP contribution in [0.25, 0.3) is 22.4 Å². The van der Waals surface area contributed by atoms with Gasteiger partial charge >= 0.3 is 0 Å². The van der Waals surface area contributed by atoms with Gasteiger partial charge in [0.1, 0.15) is 0 Å². The molecule has 5 rings (SSSR count). The maximum Gasteiger partial charge on any atom is 0.226 e. The Hall–Kier alpha value is -1.45. The first-order valence-corrected chi connectivity index (χ1v) is 12.3. The van der Waals surface area contributed by atoms with Gasteiger partial charge in [0.05, 0.1) is 10.6 Å². The van der Waals surface area contributed by atoms with E-state index in [1.807, 2.05) is 19.2 Å². The number of aryl methyl sites for hydroxylation is 1. The normalized spacial score (nSPS) is 11.6. The molecule has 1 aliphatic carbocycles. The third kappa shape index (κ3) is 4.16. The third-order valence-corrected chi connectivity index (χ3v) is 8.20. The number of benzene rings is 2. The molecule has 1 N–H and O–H groups in total. The first-order chi connectivity index (χ1) is 14.4. The number of carbonyl (C=O) groups is 1. The van der Waals surface area contributed by atoms with E-state index >= 15 is 0 Å². The molecule has 8 heteroatoms. The molecule has 4 aromatic rings. The maximum atomic E-state index is 11.7. The van der Waals surface area contributed by atoms with E-state index in [0.717, 1.165) is 43.4 Å². The van der Waals surface area contributed by atoms with Crippen molar-refractivity contribution >= 4 is 84.1 Å². The molecule has 0 fully saturated rings. The number of anilines is 2. The lowest BCUT2D eigenvalue weighted by molar-refractivity contribution is 0.109. The minimum absolute atomic E-state index is 0. The molecule has 158 valence electrons. The number of thiophene rings is 1. The number of fused-ring (bicyclic) bond motifs is 3. The molecule has 0 radical (unpaired) electrons. The van der Waals surface area contributed by atoms with Crippen molar-refractivity contribution in [1.82, 2.24) is 4.98 Å². The summed E-state index contributed by atoms with van der Waals surface area (Å²) in [5.41, 5.74) is 9.22. The van der Waals surface area contributed by atoms with Gasteiger partial charge < -0.3 is 5.32 Å². The van der Waals surface area contributed by atoms with Crippen molar-refractivity contribution in [2.75, 3.05) is 5.32 Å². The molecule has 1 aliphatic rings. The van der Waals surface area contributed by atoms with Crippen molar-refractivity contribution in [3.8, 4) is 22.4 Å². The fourth-order valence-corrected chi connectivity index (χ4v) is 6.50. The summed E-state index contributed by atoms with van der Waals surface area (Å²) in [7, 11) is 0. The first kappa shape index (κ1) is 22.7. The van der Waals surface area contributed by atoms with Crippen LogP contribution in [0.4, 0.5) is 10.8 Å². The van der Waals surface area contributed by atoms with Crippen molar-refractivity contribution in [3.05, 3.63) is 72.7 Å². The molecular weight excluding hydrogens is 576 g/mol. The van der Waals surface area contributed by atoms with E-state index in [1.54, 1.807) is 11.3 Å². The molecule has 0 spiro atoms. The molecule has 0 unspecified atom stereocenters. The van der Waals surface area contributed by atoms with Gasteiger partial charge in [-0.2, -0.15) is 0 Å². The summed E-state index contributed by atoms with van der Waals surface area (Å²) in [6, 6.07) is 13.0. The molecule has 0 saturated heterocycles. The monoisotopic (exact) mass is 592 g/mol. The standard InChI is InChI=1S/C23H17BrN2OS3.BrH/c1-11-20(12(2)30-21(11)22(27)28)19-10-29-23(26-19)25-16-4-6-18-14(9-16)7-13-8-15(24)3-5-17(13)18;/h3-6,8-10H,7H2,1-2H3,(H,25,26)(H,27,28);1H. The number of carbonyl (C=O) groups excluding carboxylic acids is 1. The second-order valence-electron chi connectivity index (χ2n) is 7.31. The lowest BCUT2D eigenvalue weighted by atomic mass is 10.1. The molecule has 2 aromatic carbocycles. The van der Waals surface area contributed by atoms with Crippen molar-refractivity contribution in [2.45, 2.75) is 20.3 Å². The van der Waals surface area contributed by atoms with Crippen molar-refractivity contribution in [3.63, 3.8) is 0 Å². The zero-order valence-corrected chi connectivity index (χ0v) is 22.5. The molecule has 0 amide bonds.